The summed E-state index contributed by atoms with van der Waals surface area (Å²) in [5.41, 5.74) is 0. The summed E-state index contributed by atoms with van der Waals surface area (Å²) in [6, 6.07) is 0. The summed E-state index contributed by atoms with van der Waals surface area (Å²) in [5, 5.41) is 72.2. The van der Waals surface area contributed by atoms with Crippen LogP contribution in [0.5, 0.6) is 0 Å². The molecule has 2 saturated heterocycles. The molecular weight excluding hydrogens is 937 g/mol. The van der Waals surface area contributed by atoms with Crippen molar-refractivity contribution in [3.05, 3.63) is 24.3 Å². The third kappa shape index (κ3) is 32.4. The molecule has 0 bridgehead atoms. The molecule has 15 nitrogen and oxygen atoms in total. The topological polar surface area (TPSA) is 231 Å². The lowest BCUT2D eigenvalue weighted by atomic mass is 9.98. The first-order chi connectivity index (χ1) is 35.5. The van der Waals surface area contributed by atoms with Gasteiger partial charge in [0.1, 0.15) is 55.4 Å². The molecule has 0 spiro atoms. The number of ether oxygens (including phenoxy) is 6. The Morgan fingerprint density at radius 3 is 1.29 bits per heavy atom. The van der Waals surface area contributed by atoms with Crippen molar-refractivity contribution in [1.29, 1.82) is 0 Å². The lowest BCUT2D eigenvalue weighted by Crippen LogP contribution is -2.61. The van der Waals surface area contributed by atoms with Gasteiger partial charge in [-0.3, -0.25) is 9.59 Å². The van der Waals surface area contributed by atoms with E-state index in [0.717, 1.165) is 38.5 Å². The Morgan fingerprint density at radius 2 is 0.808 bits per heavy atom. The maximum atomic E-state index is 13.0. The van der Waals surface area contributed by atoms with Crippen LogP contribution in [-0.2, 0) is 38.0 Å². The first-order valence-electron chi connectivity index (χ1n) is 29.4. The van der Waals surface area contributed by atoms with E-state index in [1.807, 2.05) is 0 Å². The van der Waals surface area contributed by atoms with Crippen LogP contribution in [0.25, 0.3) is 0 Å². The van der Waals surface area contributed by atoms with Gasteiger partial charge in [-0.2, -0.15) is 0 Å². The van der Waals surface area contributed by atoms with Gasteiger partial charge in [0.05, 0.1) is 19.8 Å². The number of unbranched alkanes of at least 4 members (excludes halogenated alkanes) is 29. The van der Waals surface area contributed by atoms with Crippen molar-refractivity contribution in [2.45, 2.75) is 306 Å². The van der Waals surface area contributed by atoms with Gasteiger partial charge >= 0.3 is 11.9 Å². The van der Waals surface area contributed by atoms with Crippen LogP contribution >= 0.6 is 0 Å². The number of allylic oxidation sites excluding steroid dienone is 4. The highest BCUT2D eigenvalue weighted by Crippen LogP contribution is 2.27. The second-order valence-electron chi connectivity index (χ2n) is 20.8. The van der Waals surface area contributed by atoms with E-state index >= 15 is 0 Å². The summed E-state index contributed by atoms with van der Waals surface area (Å²) >= 11 is 0. The molecule has 0 radical (unpaired) electrons. The van der Waals surface area contributed by atoms with Gasteiger partial charge in [-0.15, -0.1) is 0 Å². The maximum absolute atomic E-state index is 13.0. The number of esters is 2. The number of rotatable bonds is 47. The molecule has 0 aromatic rings. The average molecular weight is 1040 g/mol. The summed E-state index contributed by atoms with van der Waals surface area (Å²) in [5.74, 6) is -0.962. The summed E-state index contributed by atoms with van der Waals surface area (Å²) in [6.07, 6.45) is 32.2. The average Bonchev–Trinajstić information content (AvgIpc) is 3.38. The van der Waals surface area contributed by atoms with Crippen LogP contribution in [0.1, 0.15) is 239 Å². The highest BCUT2D eigenvalue weighted by Gasteiger charge is 2.47. The van der Waals surface area contributed by atoms with Crippen molar-refractivity contribution in [1.82, 2.24) is 0 Å². The number of hydrogen-bond donors (Lipinski definition) is 7. The number of carbonyl (C=O) groups is 2. The van der Waals surface area contributed by atoms with E-state index in [0.29, 0.717) is 19.3 Å². The Bertz CT molecular complexity index is 1360. The van der Waals surface area contributed by atoms with E-state index in [1.165, 1.54) is 154 Å². The fourth-order valence-electron chi connectivity index (χ4n) is 9.36. The highest BCUT2D eigenvalue weighted by molar-refractivity contribution is 5.70. The zero-order chi connectivity index (χ0) is 53.2. The fraction of sp³-hybridized carbons (Fsp3) is 0.897. The van der Waals surface area contributed by atoms with Crippen LogP contribution in [0, 0.1) is 0 Å². The summed E-state index contributed by atoms with van der Waals surface area (Å²) in [4.78, 5) is 25.8. The molecule has 2 heterocycles. The van der Waals surface area contributed by atoms with Gasteiger partial charge in [-0.1, -0.05) is 205 Å². The normalized spacial score (nSPS) is 24.9. The lowest BCUT2D eigenvalue weighted by Gasteiger charge is -2.42. The SMILES string of the molecule is CCCCCCCCCCCCCCCC/C=C/CC/C=C/CCCC(=O)OC[C@@H](CO[C@@H]1O[C@H](CO[C@@H]2O[C@H](CO)[C@H](O)C(O)C2O)[C@H](O)C(O)C1O)OC(=O)CCCCCCCCCCCCCCCC. The van der Waals surface area contributed by atoms with Gasteiger partial charge in [-0.05, 0) is 44.9 Å². The van der Waals surface area contributed by atoms with Crippen LogP contribution in [0.3, 0.4) is 0 Å². The molecule has 2 aliphatic heterocycles. The monoisotopic (exact) mass is 1040 g/mol. The van der Waals surface area contributed by atoms with E-state index < -0.39 is 92.7 Å². The summed E-state index contributed by atoms with van der Waals surface area (Å²) < 4.78 is 33.6. The Balaban J connectivity index is 1.74. The molecule has 2 rings (SSSR count). The van der Waals surface area contributed by atoms with Crippen LogP contribution in [0.4, 0.5) is 0 Å². The number of aliphatic hydroxyl groups is 7. The van der Waals surface area contributed by atoms with Crippen LogP contribution in [-0.4, -0.2) is 142 Å². The molecular formula is C58H106O15. The fourth-order valence-corrected chi connectivity index (χ4v) is 9.36. The Kier molecular flexibility index (Phi) is 41.4. The van der Waals surface area contributed by atoms with E-state index in [2.05, 4.69) is 38.2 Å². The molecule has 73 heavy (non-hydrogen) atoms. The summed E-state index contributed by atoms with van der Waals surface area (Å²) in [7, 11) is 0. The Labute approximate surface area is 441 Å². The number of carbonyl (C=O) groups excluding carboxylic acids is 2. The molecule has 15 heteroatoms. The van der Waals surface area contributed by atoms with Crippen molar-refractivity contribution in [3.63, 3.8) is 0 Å². The third-order valence-electron chi connectivity index (χ3n) is 14.2. The highest BCUT2D eigenvalue weighted by atomic mass is 16.7. The van der Waals surface area contributed by atoms with Gasteiger partial charge in [0.2, 0.25) is 0 Å². The Morgan fingerprint density at radius 1 is 0.425 bits per heavy atom. The Hall–Kier alpha value is -2.02. The minimum absolute atomic E-state index is 0.161. The third-order valence-corrected chi connectivity index (χ3v) is 14.2. The van der Waals surface area contributed by atoms with Crippen LogP contribution < -0.4 is 0 Å². The van der Waals surface area contributed by atoms with Gasteiger partial charge in [0.25, 0.3) is 0 Å². The number of hydrogen-bond acceptors (Lipinski definition) is 15. The van der Waals surface area contributed by atoms with Gasteiger partial charge in [0.15, 0.2) is 18.7 Å². The molecule has 0 aliphatic carbocycles. The quantitative estimate of drug-likeness (QED) is 0.0171. The molecule has 4 unspecified atom stereocenters. The van der Waals surface area contributed by atoms with Gasteiger partial charge in [0, 0.05) is 12.8 Å². The van der Waals surface area contributed by atoms with Crippen molar-refractivity contribution < 1.29 is 73.8 Å². The van der Waals surface area contributed by atoms with Crippen LogP contribution in [0.15, 0.2) is 24.3 Å². The minimum atomic E-state index is -1.77. The minimum Gasteiger partial charge on any atom is -0.462 e. The van der Waals surface area contributed by atoms with Crippen molar-refractivity contribution in [2.75, 3.05) is 26.4 Å². The smallest absolute Gasteiger partial charge is 0.306 e. The van der Waals surface area contributed by atoms with Gasteiger partial charge < -0.3 is 64.2 Å². The zero-order valence-corrected chi connectivity index (χ0v) is 45.6. The second kappa shape index (κ2) is 45.0. The van der Waals surface area contributed by atoms with Gasteiger partial charge in [-0.25, -0.2) is 0 Å². The summed E-state index contributed by atoms with van der Waals surface area (Å²) in [6.45, 7) is 2.59. The van der Waals surface area contributed by atoms with E-state index in [-0.39, 0.29) is 26.1 Å². The van der Waals surface area contributed by atoms with E-state index in [4.69, 9.17) is 28.4 Å². The largest absolute Gasteiger partial charge is 0.462 e. The van der Waals surface area contributed by atoms with Crippen molar-refractivity contribution in [3.8, 4) is 0 Å². The van der Waals surface area contributed by atoms with Crippen molar-refractivity contribution in [2.24, 2.45) is 0 Å². The predicted molar refractivity (Wildman–Crippen MR) is 284 cm³/mol. The predicted octanol–water partition coefficient (Wildman–Crippen LogP) is 9.89. The molecule has 0 aromatic carbocycles. The molecule has 11 atom stereocenters. The molecule has 0 saturated carbocycles. The molecule has 7 N–H and O–H groups in total. The standard InChI is InChI=1S/C58H106O15/c1-3-5-7-9-11-13-15-17-19-20-21-22-23-24-25-26-27-29-30-32-34-36-38-40-49(60)68-43-46(71-50(61)41-39-37-35-33-31-28-18-16-14-12-10-8-6-4-2)44-69-57-56(67)54(65)52(63)48(73-57)45-70-58-55(66)53(64)51(62)47(42-59)72-58/h26-27,32,34,46-48,51-59,62-67H,3-25,28-31,33,35-45H2,1-2H3/b27-26+,34-32+/t46-,47+,48+,51-,52-,53?,54?,55?,56?,57+,58+/m0/s1. The zero-order valence-electron chi connectivity index (χ0n) is 45.6. The lowest BCUT2D eigenvalue weighted by molar-refractivity contribution is -0.332. The number of aliphatic hydroxyl groups excluding tert-OH is 7. The van der Waals surface area contributed by atoms with E-state index in [9.17, 15) is 45.3 Å². The first kappa shape index (κ1) is 67.1. The van der Waals surface area contributed by atoms with Crippen molar-refractivity contribution >= 4 is 11.9 Å². The molecule has 0 amide bonds. The molecule has 2 fully saturated rings. The first-order valence-corrected chi connectivity index (χ1v) is 29.4. The molecule has 2 aliphatic rings. The molecule has 0 aromatic heterocycles. The van der Waals surface area contributed by atoms with Crippen LogP contribution in [0.2, 0.25) is 0 Å². The molecule has 428 valence electrons. The maximum Gasteiger partial charge on any atom is 0.306 e. The second-order valence-corrected chi connectivity index (χ2v) is 20.8. The van der Waals surface area contributed by atoms with E-state index in [1.54, 1.807) is 0 Å².